The van der Waals surface area contributed by atoms with Crippen molar-refractivity contribution < 1.29 is 17.5 Å². The van der Waals surface area contributed by atoms with Crippen LogP contribution in [0.3, 0.4) is 0 Å². The molecule has 0 bridgehead atoms. The minimum Gasteiger partial charge on any atom is -0.384 e. The second-order valence-corrected chi connectivity index (χ2v) is 6.14. The van der Waals surface area contributed by atoms with Gasteiger partial charge in [-0.2, -0.15) is 0 Å². The van der Waals surface area contributed by atoms with Crippen LogP contribution in [0.1, 0.15) is 12.5 Å². The Bertz CT molecular complexity index is 520. The normalized spacial score (nSPS) is 13.5. The second-order valence-electron chi connectivity index (χ2n) is 4.37. The molecule has 0 radical (unpaired) electrons. The van der Waals surface area contributed by atoms with Gasteiger partial charge in [-0.25, -0.2) is 17.5 Å². The Labute approximate surface area is 113 Å². The largest absolute Gasteiger partial charge is 0.384 e. The highest BCUT2D eigenvalue weighted by Gasteiger charge is 2.16. The van der Waals surface area contributed by atoms with E-state index < -0.39 is 15.8 Å². The molecule has 0 aliphatic rings. The quantitative estimate of drug-likeness (QED) is 0.780. The van der Waals surface area contributed by atoms with Gasteiger partial charge in [-0.1, -0.05) is 6.92 Å². The smallest absolute Gasteiger partial charge is 0.240 e. The lowest BCUT2D eigenvalue weighted by Gasteiger charge is -2.12. The number of rotatable bonds is 7. The van der Waals surface area contributed by atoms with Crippen LogP contribution in [0.4, 0.5) is 4.39 Å². The highest BCUT2D eigenvalue weighted by atomic mass is 32.2. The molecule has 0 saturated heterocycles. The summed E-state index contributed by atoms with van der Waals surface area (Å²) in [5.74, 6) is -0.455. The Balaban J connectivity index is 2.83. The Morgan fingerprint density at radius 3 is 2.74 bits per heavy atom. The van der Waals surface area contributed by atoms with Gasteiger partial charge >= 0.3 is 0 Å². The summed E-state index contributed by atoms with van der Waals surface area (Å²) in [5.41, 5.74) is 5.53. The summed E-state index contributed by atoms with van der Waals surface area (Å²) in [6, 6.07) is 3.58. The van der Waals surface area contributed by atoms with Crippen LogP contribution in [0.25, 0.3) is 0 Å². The number of hydrogen-bond acceptors (Lipinski definition) is 4. The van der Waals surface area contributed by atoms with Crippen molar-refractivity contribution >= 4 is 10.0 Å². The minimum atomic E-state index is -3.65. The average molecular weight is 290 g/mol. The number of sulfonamides is 1. The van der Waals surface area contributed by atoms with Crippen molar-refractivity contribution in [2.75, 3.05) is 20.3 Å². The molecule has 0 spiro atoms. The molecule has 108 valence electrons. The lowest BCUT2D eigenvalue weighted by atomic mass is 10.2. The lowest BCUT2D eigenvalue weighted by Crippen LogP contribution is -2.30. The molecule has 1 unspecified atom stereocenters. The standard InChI is InChI=1S/C12H19FN2O3S/c1-9(8-18-2)7-15-19(16,17)11-3-4-12(13)10(5-11)6-14/h3-5,9,15H,6-8,14H2,1-2H3. The van der Waals surface area contributed by atoms with Crippen LogP contribution in [0.15, 0.2) is 23.1 Å². The lowest BCUT2D eigenvalue weighted by molar-refractivity contribution is 0.161. The Morgan fingerprint density at radius 1 is 1.47 bits per heavy atom. The van der Waals surface area contributed by atoms with Gasteiger partial charge in [0.2, 0.25) is 10.0 Å². The molecule has 0 aliphatic heterocycles. The molecule has 0 aromatic heterocycles. The molecule has 0 amide bonds. The maximum Gasteiger partial charge on any atom is 0.240 e. The second kappa shape index (κ2) is 6.95. The number of hydrogen-bond donors (Lipinski definition) is 2. The summed E-state index contributed by atoms with van der Waals surface area (Å²) in [5, 5.41) is 0. The fraction of sp³-hybridized carbons (Fsp3) is 0.500. The van der Waals surface area contributed by atoms with Gasteiger partial charge < -0.3 is 10.5 Å². The summed E-state index contributed by atoms with van der Waals surface area (Å²) in [6.45, 7) is 2.53. The summed E-state index contributed by atoms with van der Waals surface area (Å²) < 4.78 is 44.7. The SMILES string of the molecule is COCC(C)CNS(=O)(=O)c1ccc(F)c(CN)c1. The molecule has 3 N–H and O–H groups in total. The van der Waals surface area contributed by atoms with Crippen molar-refractivity contribution in [3.8, 4) is 0 Å². The van der Waals surface area contributed by atoms with Gasteiger partial charge in [0.05, 0.1) is 4.90 Å². The van der Waals surface area contributed by atoms with Crippen molar-refractivity contribution in [1.29, 1.82) is 0 Å². The molecule has 1 aromatic carbocycles. The highest BCUT2D eigenvalue weighted by molar-refractivity contribution is 7.89. The van der Waals surface area contributed by atoms with E-state index in [9.17, 15) is 12.8 Å². The van der Waals surface area contributed by atoms with Crippen LogP contribution in [0, 0.1) is 11.7 Å². The van der Waals surface area contributed by atoms with Crippen LogP contribution in [0.2, 0.25) is 0 Å². The van der Waals surface area contributed by atoms with Gasteiger partial charge in [-0.05, 0) is 24.1 Å². The Hall–Kier alpha value is -1.02. The van der Waals surface area contributed by atoms with Gasteiger partial charge in [0.25, 0.3) is 0 Å². The molecule has 0 saturated carbocycles. The molecular weight excluding hydrogens is 271 g/mol. The van der Waals surface area contributed by atoms with E-state index in [1.165, 1.54) is 12.1 Å². The number of methoxy groups -OCH3 is 1. The van der Waals surface area contributed by atoms with Crippen molar-refractivity contribution in [2.45, 2.75) is 18.4 Å². The van der Waals surface area contributed by atoms with Gasteiger partial charge in [0, 0.05) is 32.4 Å². The van der Waals surface area contributed by atoms with E-state index in [4.69, 9.17) is 10.5 Å². The van der Waals surface area contributed by atoms with Crippen LogP contribution < -0.4 is 10.5 Å². The highest BCUT2D eigenvalue weighted by Crippen LogP contribution is 2.14. The summed E-state index contributed by atoms with van der Waals surface area (Å²) in [7, 11) is -2.10. The van der Waals surface area contributed by atoms with Crippen molar-refractivity contribution in [3.05, 3.63) is 29.6 Å². The molecule has 7 heteroatoms. The first-order chi connectivity index (χ1) is 8.90. The van der Waals surface area contributed by atoms with E-state index in [1.54, 1.807) is 7.11 Å². The third kappa shape index (κ3) is 4.54. The fourth-order valence-electron chi connectivity index (χ4n) is 1.55. The molecule has 1 atom stereocenters. The van der Waals surface area contributed by atoms with Crippen LogP contribution >= 0.6 is 0 Å². The molecule has 1 aromatic rings. The van der Waals surface area contributed by atoms with Gasteiger partial charge in [0.1, 0.15) is 5.82 Å². The third-order valence-corrected chi connectivity index (χ3v) is 4.04. The van der Waals surface area contributed by atoms with E-state index in [2.05, 4.69) is 4.72 Å². The molecule has 0 heterocycles. The maximum atomic E-state index is 13.3. The molecule has 19 heavy (non-hydrogen) atoms. The van der Waals surface area contributed by atoms with Crippen molar-refractivity contribution in [3.63, 3.8) is 0 Å². The van der Waals surface area contributed by atoms with Gasteiger partial charge in [0.15, 0.2) is 0 Å². The van der Waals surface area contributed by atoms with Crippen LogP contribution in [-0.2, 0) is 21.3 Å². The van der Waals surface area contributed by atoms with Gasteiger partial charge in [-0.15, -0.1) is 0 Å². The minimum absolute atomic E-state index is 0.0129. The first-order valence-corrected chi connectivity index (χ1v) is 7.36. The molecule has 0 aliphatic carbocycles. The monoisotopic (exact) mass is 290 g/mol. The summed E-state index contributed by atoms with van der Waals surface area (Å²) in [6.07, 6.45) is 0. The molecule has 0 fully saturated rings. The van der Waals surface area contributed by atoms with Crippen molar-refractivity contribution in [2.24, 2.45) is 11.7 Å². The van der Waals surface area contributed by atoms with E-state index >= 15 is 0 Å². The summed E-state index contributed by atoms with van der Waals surface area (Å²) >= 11 is 0. The number of nitrogens with two attached hydrogens (primary N) is 1. The predicted molar refractivity (Wildman–Crippen MR) is 70.5 cm³/mol. The zero-order valence-electron chi connectivity index (χ0n) is 11.0. The third-order valence-electron chi connectivity index (χ3n) is 2.62. The van der Waals surface area contributed by atoms with Gasteiger partial charge in [-0.3, -0.25) is 0 Å². The predicted octanol–water partition coefficient (Wildman–Crippen LogP) is 0.845. The first kappa shape index (κ1) is 16.0. The van der Waals surface area contributed by atoms with Crippen molar-refractivity contribution in [1.82, 2.24) is 4.72 Å². The summed E-state index contributed by atoms with van der Waals surface area (Å²) in [4.78, 5) is 0.0129. The number of halogens is 1. The first-order valence-electron chi connectivity index (χ1n) is 5.87. The van der Waals surface area contributed by atoms with E-state index in [-0.39, 0.29) is 29.5 Å². The molecular formula is C12H19FN2O3S. The van der Waals surface area contributed by atoms with E-state index in [0.29, 0.717) is 6.61 Å². The van der Waals surface area contributed by atoms with Crippen LogP contribution in [0.5, 0.6) is 0 Å². The number of ether oxygens (including phenoxy) is 1. The average Bonchev–Trinajstić information content (AvgIpc) is 2.37. The Kier molecular flexibility index (Phi) is 5.86. The zero-order chi connectivity index (χ0) is 14.5. The maximum absolute atomic E-state index is 13.3. The molecule has 5 nitrogen and oxygen atoms in total. The van der Waals surface area contributed by atoms with E-state index in [1.807, 2.05) is 6.92 Å². The topological polar surface area (TPSA) is 81.4 Å². The fourth-order valence-corrected chi connectivity index (χ4v) is 2.77. The molecule has 1 rings (SSSR count). The van der Waals surface area contributed by atoms with Crippen LogP contribution in [-0.4, -0.2) is 28.7 Å². The van der Waals surface area contributed by atoms with E-state index in [0.717, 1.165) is 6.07 Å². The Morgan fingerprint density at radius 2 is 2.16 bits per heavy atom. The number of benzene rings is 1. The zero-order valence-corrected chi connectivity index (χ0v) is 11.8. The number of nitrogens with one attached hydrogen (secondary N) is 1.